The number of hydrogen-bond donors (Lipinski definition) is 0. The van der Waals surface area contributed by atoms with Crippen LogP contribution in [-0.4, -0.2) is 56.3 Å². The summed E-state index contributed by atoms with van der Waals surface area (Å²) in [5.74, 6) is 0.650. The largest absolute Gasteiger partial charge is 0.372 e. The van der Waals surface area contributed by atoms with Crippen LogP contribution in [0, 0.1) is 0 Å². The summed E-state index contributed by atoms with van der Waals surface area (Å²) in [6, 6.07) is 0. The molecule has 1 atom stereocenters. The van der Waals surface area contributed by atoms with Crippen molar-refractivity contribution in [1.29, 1.82) is 0 Å². The zero-order valence-electron chi connectivity index (χ0n) is 12.1. The molecule has 2 aliphatic rings. The van der Waals surface area contributed by atoms with E-state index >= 15 is 0 Å². The molecule has 3 rings (SSSR count). The molecule has 0 unspecified atom stereocenters. The number of amides is 1. The van der Waals surface area contributed by atoms with Gasteiger partial charge in [0.05, 0.1) is 18.1 Å². The van der Waals surface area contributed by atoms with Gasteiger partial charge in [-0.05, 0) is 37.1 Å². The van der Waals surface area contributed by atoms with Crippen LogP contribution in [0.2, 0.25) is 0 Å². The van der Waals surface area contributed by atoms with Gasteiger partial charge in [0.15, 0.2) is 5.82 Å². The fourth-order valence-corrected chi connectivity index (χ4v) is 3.02. The van der Waals surface area contributed by atoms with Crippen LogP contribution in [0.5, 0.6) is 0 Å². The van der Waals surface area contributed by atoms with E-state index in [0.29, 0.717) is 19.7 Å². The van der Waals surface area contributed by atoms with Gasteiger partial charge in [-0.1, -0.05) is 6.42 Å². The number of carbonyl (C=O) groups excluding carboxylic acids is 1. The molecular weight excluding hydrogens is 258 g/mol. The SMILES string of the molecule is CC1(C)CN(C(=O)[C@@H]2CCCCn3nnnc32)CCO1. The Morgan fingerprint density at radius 2 is 2.20 bits per heavy atom. The Morgan fingerprint density at radius 1 is 1.35 bits per heavy atom. The van der Waals surface area contributed by atoms with Crippen LogP contribution in [0.25, 0.3) is 0 Å². The summed E-state index contributed by atoms with van der Waals surface area (Å²) >= 11 is 0. The molecule has 0 N–H and O–H groups in total. The number of nitrogens with zero attached hydrogens (tertiary/aromatic N) is 5. The van der Waals surface area contributed by atoms with E-state index in [0.717, 1.165) is 31.6 Å². The Hall–Kier alpha value is -1.50. The van der Waals surface area contributed by atoms with E-state index in [1.807, 2.05) is 18.7 Å². The normalized spacial score (nSPS) is 25.9. The molecule has 7 nitrogen and oxygen atoms in total. The zero-order chi connectivity index (χ0) is 14.2. The molecule has 2 aliphatic heterocycles. The third kappa shape index (κ3) is 2.54. The maximum absolute atomic E-state index is 12.8. The molecule has 0 bridgehead atoms. The molecule has 20 heavy (non-hydrogen) atoms. The Morgan fingerprint density at radius 3 is 3.00 bits per heavy atom. The van der Waals surface area contributed by atoms with E-state index in [2.05, 4.69) is 15.5 Å². The monoisotopic (exact) mass is 279 g/mol. The first-order chi connectivity index (χ1) is 9.57. The summed E-state index contributed by atoms with van der Waals surface area (Å²) in [5.41, 5.74) is -0.273. The number of ether oxygens (including phenoxy) is 1. The molecule has 1 aromatic heterocycles. The number of aromatic nitrogens is 4. The Balaban J connectivity index is 1.80. The third-order valence-electron chi connectivity index (χ3n) is 4.02. The topological polar surface area (TPSA) is 73.1 Å². The quantitative estimate of drug-likeness (QED) is 0.752. The summed E-state index contributed by atoms with van der Waals surface area (Å²) in [6.45, 7) is 6.72. The highest BCUT2D eigenvalue weighted by Crippen LogP contribution is 2.28. The molecule has 0 aliphatic carbocycles. The van der Waals surface area contributed by atoms with Crippen molar-refractivity contribution in [2.75, 3.05) is 19.7 Å². The average molecular weight is 279 g/mol. The van der Waals surface area contributed by atoms with E-state index in [9.17, 15) is 4.79 Å². The molecule has 1 aromatic rings. The van der Waals surface area contributed by atoms with Crippen molar-refractivity contribution < 1.29 is 9.53 Å². The number of fused-ring (bicyclic) bond motifs is 1. The van der Waals surface area contributed by atoms with E-state index in [4.69, 9.17) is 4.74 Å². The van der Waals surface area contributed by atoms with Crippen molar-refractivity contribution in [3.63, 3.8) is 0 Å². The second-order valence-corrected chi connectivity index (χ2v) is 6.18. The van der Waals surface area contributed by atoms with E-state index < -0.39 is 0 Å². The molecule has 0 saturated carbocycles. The minimum atomic E-state index is -0.273. The van der Waals surface area contributed by atoms with E-state index in [1.54, 1.807) is 4.68 Å². The van der Waals surface area contributed by atoms with Gasteiger partial charge in [0.25, 0.3) is 0 Å². The fraction of sp³-hybridized carbons (Fsp3) is 0.846. The predicted molar refractivity (Wildman–Crippen MR) is 71.0 cm³/mol. The van der Waals surface area contributed by atoms with E-state index in [-0.39, 0.29) is 17.4 Å². The number of rotatable bonds is 1. The van der Waals surface area contributed by atoms with Crippen molar-refractivity contribution in [1.82, 2.24) is 25.1 Å². The Kier molecular flexibility index (Phi) is 3.45. The van der Waals surface area contributed by atoms with Gasteiger partial charge in [0.1, 0.15) is 0 Å². The van der Waals surface area contributed by atoms with Crippen LogP contribution in [0.3, 0.4) is 0 Å². The van der Waals surface area contributed by atoms with Gasteiger partial charge in [0.2, 0.25) is 5.91 Å². The third-order valence-corrected chi connectivity index (χ3v) is 4.02. The van der Waals surface area contributed by atoms with Gasteiger partial charge >= 0.3 is 0 Å². The molecule has 0 aromatic carbocycles. The number of morpholine rings is 1. The molecule has 0 spiro atoms. The van der Waals surface area contributed by atoms with Gasteiger partial charge in [-0.2, -0.15) is 0 Å². The molecule has 1 fully saturated rings. The van der Waals surface area contributed by atoms with Gasteiger partial charge in [0, 0.05) is 19.6 Å². The van der Waals surface area contributed by atoms with Crippen LogP contribution in [0.1, 0.15) is 44.9 Å². The maximum Gasteiger partial charge on any atom is 0.233 e. The molecule has 3 heterocycles. The summed E-state index contributed by atoms with van der Waals surface area (Å²) in [4.78, 5) is 14.7. The minimum Gasteiger partial charge on any atom is -0.372 e. The summed E-state index contributed by atoms with van der Waals surface area (Å²) in [6.07, 6.45) is 2.88. The highest BCUT2D eigenvalue weighted by molar-refractivity contribution is 5.83. The molecule has 1 amide bonds. The number of tetrazole rings is 1. The van der Waals surface area contributed by atoms with Gasteiger partial charge < -0.3 is 9.64 Å². The standard InChI is InChI=1S/C13H21N5O2/c1-13(2)9-17(7-8-20-13)12(19)10-5-3-4-6-18-11(10)14-15-16-18/h10H,3-9H2,1-2H3/t10-/m1/s1. The van der Waals surface area contributed by atoms with Gasteiger partial charge in [-0.3, -0.25) is 4.79 Å². The molecule has 0 radical (unpaired) electrons. The lowest BCUT2D eigenvalue weighted by Gasteiger charge is -2.39. The van der Waals surface area contributed by atoms with Crippen molar-refractivity contribution in [2.45, 2.75) is 51.2 Å². The zero-order valence-corrected chi connectivity index (χ0v) is 12.1. The highest BCUT2D eigenvalue weighted by atomic mass is 16.5. The molecular formula is C13H21N5O2. The van der Waals surface area contributed by atoms with Crippen molar-refractivity contribution in [3.05, 3.63) is 5.82 Å². The molecule has 110 valence electrons. The van der Waals surface area contributed by atoms with Crippen LogP contribution in [0.15, 0.2) is 0 Å². The second-order valence-electron chi connectivity index (χ2n) is 6.18. The number of hydrogen-bond acceptors (Lipinski definition) is 5. The van der Waals surface area contributed by atoms with Crippen LogP contribution in [-0.2, 0) is 16.1 Å². The van der Waals surface area contributed by atoms with Crippen molar-refractivity contribution >= 4 is 5.91 Å². The highest BCUT2D eigenvalue weighted by Gasteiger charge is 2.36. The van der Waals surface area contributed by atoms with Crippen LogP contribution < -0.4 is 0 Å². The first-order valence-electron chi connectivity index (χ1n) is 7.26. The molecule has 7 heteroatoms. The van der Waals surface area contributed by atoms with Crippen molar-refractivity contribution in [2.24, 2.45) is 0 Å². The smallest absolute Gasteiger partial charge is 0.233 e. The van der Waals surface area contributed by atoms with Gasteiger partial charge in [-0.15, -0.1) is 5.10 Å². The van der Waals surface area contributed by atoms with Crippen molar-refractivity contribution in [3.8, 4) is 0 Å². The van der Waals surface area contributed by atoms with Gasteiger partial charge in [-0.25, -0.2) is 4.68 Å². The number of aryl methyl sites for hydroxylation is 1. The Labute approximate surface area is 118 Å². The second kappa shape index (κ2) is 5.12. The lowest BCUT2D eigenvalue weighted by atomic mass is 9.99. The lowest BCUT2D eigenvalue weighted by Crippen LogP contribution is -2.51. The van der Waals surface area contributed by atoms with Crippen LogP contribution >= 0.6 is 0 Å². The molecule has 1 saturated heterocycles. The van der Waals surface area contributed by atoms with E-state index in [1.165, 1.54) is 0 Å². The maximum atomic E-state index is 12.8. The predicted octanol–water partition coefficient (Wildman–Crippen LogP) is 0.578. The number of carbonyl (C=O) groups is 1. The first-order valence-corrected chi connectivity index (χ1v) is 7.26. The lowest BCUT2D eigenvalue weighted by molar-refractivity contribution is -0.147. The first kappa shape index (κ1) is 13.5. The summed E-state index contributed by atoms with van der Waals surface area (Å²) < 4.78 is 7.45. The summed E-state index contributed by atoms with van der Waals surface area (Å²) in [5, 5.41) is 11.8. The Bertz CT molecular complexity index is 499. The average Bonchev–Trinajstić information content (AvgIpc) is 2.77. The summed E-state index contributed by atoms with van der Waals surface area (Å²) in [7, 11) is 0. The van der Waals surface area contributed by atoms with Crippen LogP contribution in [0.4, 0.5) is 0 Å². The minimum absolute atomic E-state index is 0.138. The fourth-order valence-electron chi connectivity index (χ4n) is 3.02.